The molecule has 6 heteroatoms. The van der Waals surface area contributed by atoms with Crippen molar-refractivity contribution < 1.29 is 4.74 Å². The van der Waals surface area contributed by atoms with E-state index >= 15 is 0 Å². The fourth-order valence-electron chi connectivity index (χ4n) is 2.33. The number of hydrogen-bond acceptors (Lipinski definition) is 6. The molecule has 3 heterocycles. The van der Waals surface area contributed by atoms with Crippen molar-refractivity contribution >= 4 is 44.4 Å². The van der Waals surface area contributed by atoms with Gasteiger partial charge in [-0.1, -0.05) is 6.07 Å². The summed E-state index contributed by atoms with van der Waals surface area (Å²) in [5, 5.41) is 7.59. The Kier molecular flexibility index (Phi) is 3.69. The third kappa shape index (κ3) is 2.78. The molecule has 23 heavy (non-hydrogen) atoms. The molecule has 4 rings (SSSR count). The van der Waals surface area contributed by atoms with Crippen LogP contribution in [0.4, 0.5) is 11.5 Å². The standard InChI is InChI=1S/C17H13N3OS2/c1-21-13-4-2-3-12(7-13)20-17-16-14(18-10-19-17)8-15(23-16)11-5-6-22-9-11/h2-10H,1H3,(H,18,19,20). The van der Waals surface area contributed by atoms with Crippen molar-refractivity contribution in [3.05, 3.63) is 53.5 Å². The summed E-state index contributed by atoms with van der Waals surface area (Å²) >= 11 is 3.40. The van der Waals surface area contributed by atoms with Crippen LogP contribution in [0.5, 0.6) is 5.75 Å². The van der Waals surface area contributed by atoms with E-state index in [1.807, 2.05) is 24.3 Å². The summed E-state index contributed by atoms with van der Waals surface area (Å²) in [6, 6.07) is 12.0. The number of benzene rings is 1. The molecule has 0 aliphatic heterocycles. The van der Waals surface area contributed by atoms with Crippen LogP contribution < -0.4 is 10.1 Å². The molecule has 0 fully saturated rings. The van der Waals surface area contributed by atoms with Gasteiger partial charge in [0, 0.05) is 22.2 Å². The van der Waals surface area contributed by atoms with Crippen molar-refractivity contribution in [2.45, 2.75) is 0 Å². The van der Waals surface area contributed by atoms with Gasteiger partial charge in [-0.2, -0.15) is 11.3 Å². The molecule has 1 N–H and O–H groups in total. The third-order valence-corrected chi connectivity index (χ3v) is 5.31. The third-order valence-electron chi connectivity index (χ3n) is 3.45. The van der Waals surface area contributed by atoms with Gasteiger partial charge in [-0.25, -0.2) is 9.97 Å². The molecule has 0 amide bonds. The number of rotatable bonds is 4. The molecule has 1 aromatic carbocycles. The molecule has 0 aliphatic rings. The Hall–Kier alpha value is -2.44. The Bertz CT molecular complexity index is 948. The molecule has 0 bridgehead atoms. The summed E-state index contributed by atoms with van der Waals surface area (Å²) in [5.41, 5.74) is 3.12. The summed E-state index contributed by atoms with van der Waals surface area (Å²) < 4.78 is 6.32. The van der Waals surface area contributed by atoms with Crippen LogP contribution in [0.1, 0.15) is 0 Å². The van der Waals surface area contributed by atoms with E-state index in [-0.39, 0.29) is 0 Å². The minimum absolute atomic E-state index is 0.811. The summed E-state index contributed by atoms with van der Waals surface area (Å²) in [7, 11) is 1.66. The quantitative estimate of drug-likeness (QED) is 0.557. The molecular formula is C17H13N3OS2. The highest BCUT2D eigenvalue weighted by molar-refractivity contribution is 7.23. The zero-order chi connectivity index (χ0) is 15.6. The van der Waals surface area contributed by atoms with E-state index < -0.39 is 0 Å². The van der Waals surface area contributed by atoms with Gasteiger partial charge >= 0.3 is 0 Å². The van der Waals surface area contributed by atoms with Crippen molar-refractivity contribution in [3.63, 3.8) is 0 Å². The van der Waals surface area contributed by atoms with E-state index in [1.165, 1.54) is 10.4 Å². The van der Waals surface area contributed by atoms with Crippen LogP contribution in [-0.4, -0.2) is 17.1 Å². The summed E-state index contributed by atoms with van der Waals surface area (Å²) in [6.07, 6.45) is 1.59. The Morgan fingerprint density at radius 3 is 2.91 bits per heavy atom. The van der Waals surface area contributed by atoms with E-state index in [0.29, 0.717) is 0 Å². The van der Waals surface area contributed by atoms with Gasteiger partial charge in [0.1, 0.15) is 12.1 Å². The predicted molar refractivity (Wildman–Crippen MR) is 97.0 cm³/mol. The maximum absolute atomic E-state index is 5.26. The molecule has 114 valence electrons. The zero-order valence-corrected chi connectivity index (χ0v) is 13.9. The summed E-state index contributed by atoms with van der Waals surface area (Å²) in [6.45, 7) is 0. The number of nitrogens with zero attached hydrogens (tertiary/aromatic N) is 2. The monoisotopic (exact) mass is 339 g/mol. The average molecular weight is 339 g/mol. The Balaban J connectivity index is 1.74. The smallest absolute Gasteiger partial charge is 0.151 e. The molecule has 0 spiro atoms. The van der Waals surface area contributed by atoms with Crippen LogP contribution in [0.3, 0.4) is 0 Å². The largest absolute Gasteiger partial charge is 0.497 e. The molecular weight excluding hydrogens is 326 g/mol. The van der Waals surface area contributed by atoms with E-state index in [0.717, 1.165) is 27.5 Å². The molecule has 0 atom stereocenters. The van der Waals surface area contributed by atoms with Crippen molar-refractivity contribution in [3.8, 4) is 16.2 Å². The number of anilines is 2. The van der Waals surface area contributed by atoms with Crippen LogP contribution in [0, 0.1) is 0 Å². The first-order valence-corrected chi connectivity index (χ1v) is 8.77. The summed E-state index contributed by atoms with van der Waals surface area (Å²) in [4.78, 5) is 9.99. The lowest BCUT2D eigenvalue weighted by molar-refractivity contribution is 0.415. The number of ether oxygens (including phenoxy) is 1. The zero-order valence-electron chi connectivity index (χ0n) is 12.3. The Morgan fingerprint density at radius 2 is 2.09 bits per heavy atom. The second kappa shape index (κ2) is 5.98. The maximum Gasteiger partial charge on any atom is 0.151 e. The number of nitrogens with one attached hydrogen (secondary N) is 1. The molecule has 4 nitrogen and oxygen atoms in total. The maximum atomic E-state index is 5.26. The van der Waals surface area contributed by atoms with Gasteiger partial charge in [0.2, 0.25) is 0 Å². The van der Waals surface area contributed by atoms with E-state index in [1.54, 1.807) is 36.1 Å². The molecule has 0 aliphatic carbocycles. The summed E-state index contributed by atoms with van der Waals surface area (Å²) in [5.74, 6) is 1.63. The highest BCUT2D eigenvalue weighted by atomic mass is 32.1. The first-order valence-electron chi connectivity index (χ1n) is 7.02. The lowest BCUT2D eigenvalue weighted by atomic mass is 10.2. The van der Waals surface area contributed by atoms with Gasteiger partial charge in [0.25, 0.3) is 0 Å². The first kappa shape index (κ1) is 14.2. The lowest BCUT2D eigenvalue weighted by Gasteiger charge is -2.07. The van der Waals surface area contributed by atoms with Gasteiger partial charge in [0.05, 0.1) is 17.3 Å². The fraction of sp³-hybridized carbons (Fsp3) is 0.0588. The van der Waals surface area contributed by atoms with Crippen LogP contribution in [0.2, 0.25) is 0 Å². The van der Waals surface area contributed by atoms with Crippen LogP contribution in [-0.2, 0) is 0 Å². The van der Waals surface area contributed by atoms with Crippen LogP contribution >= 0.6 is 22.7 Å². The fourth-order valence-corrected chi connectivity index (χ4v) is 4.11. The lowest BCUT2D eigenvalue weighted by Crippen LogP contribution is -1.94. The molecule has 0 radical (unpaired) electrons. The van der Waals surface area contributed by atoms with Gasteiger partial charge in [0.15, 0.2) is 5.82 Å². The van der Waals surface area contributed by atoms with Crippen molar-refractivity contribution in [1.82, 2.24) is 9.97 Å². The average Bonchev–Trinajstić information content (AvgIpc) is 3.24. The van der Waals surface area contributed by atoms with Crippen molar-refractivity contribution in [1.29, 1.82) is 0 Å². The minimum Gasteiger partial charge on any atom is -0.497 e. The molecule has 0 unspecified atom stereocenters. The van der Waals surface area contributed by atoms with Crippen LogP contribution in [0.15, 0.2) is 53.5 Å². The SMILES string of the molecule is COc1cccc(Nc2ncnc3cc(-c4ccsc4)sc23)c1. The predicted octanol–water partition coefficient (Wildman–Crippen LogP) is 5.17. The Labute approximate surface area is 141 Å². The molecule has 0 saturated carbocycles. The van der Waals surface area contributed by atoms with E-state index in [4.69, 9.17) is 4.74 Å². The van der Waals surface area contributed by atoms with E-state index in [9.17, 15) is 0 Å². The second-order valence-electron chi connectivity index (χ2n) is 4.92. The number of aromatic nitrogens is 2. The number of thiophene rings is 2. The van der Waals surface area contributed by atoms with E-state index in [2.05, 4.69) is 38.2 Å². The van der Waals surface area contributed by atoms with Gasteiger partial charge < -0.3 is 10.1 Å². The first-order chi connectivity index (χ1) is 11.3. The van der Waals surface area contributed by atoms with Crippen molar-refractivity contribution in [2.24, 2.45) is 0 Å². The topological polar surface area (TPSA) is 47.0 Å². The van der Waals surface area contributed by atoms with Crippen molar-refractivity contribution in [2.75, 3.05) is 12.4 Å². The highest BCUT2D eigenvalue weighted by Gasteiger charge is 2.11. The van der Waals surface area contributed by atoms with Crippen LogP contribution in [0.25, 0.3) is 20.7 Å². The van der Waals surface area contributed by atoms with Gasteiger partial charge in [-0.05, 0) is 35.0 Å². The number of fused-ring (bicyclic) bond motifs is 1. The Morgan fingerprint density at radius 1 is 1.13 bits per heavy atom. The number of methoxy groups -OCH3 is 1. The molecule has 4 aromatic rings. The van der Waals surface area contributed by atoms with Gasteiger partial charge in [-0.15, -0.1) is 11.3 Å². The van der Waals surface area contributed by atoms with Gasteiger partial charge in [-0.3, -0.25) is 0 Å². The second-order valence-corrected chi connectivity index (χ2v) is 6.75. The highest BCUT2D eigenvalue weighted by Crippen LogP contribution is 2.37. The minimum atomic E-state index is 0.811. The molecule has 3 aromatic heterocycles. The molecule has 0 saturated heterocycles. The normalized spacial score (nSPS) is 10.8. The number of hydrogen-bond donors (Lipinski definition) is 1.